The molecule has 0 aliphatic carbocycles. The van der Waals surface area contributed by atoms with Crippen LogP contribution in [0.4, 0.5) is 4.79 Å². The van der Waals surface area contributed by atoms with Gasteiger partial charge in [0.05, 0.1) is 6.04 Å². The van der Waals surface area contributed by atoms with E-state index in [1.807, 2.05) is 105 Å². The van der Waals surface area contributed by atoms with Crippen LogP contribution in [0, 0.1) is 5.92 Å². The zero-order valence-corrected chi connectivity index (χ0v) is 25.4. The monoisotopic (exact) mass is 602 g/mol. The minimum Gasteiger partial charge on any atom is -0.445 e. The Morgan fingerprint density at radius 3 is 1.80 bits per heavy atom. The van der Waals surface area contributed by atoms with Gasteiger partial charge in [-0.3, -0.25) is 14.4 Å². The highest BCUT2D eigenvalue weighted by Crippen LogP contribution is 2.11. The third kappa shape index (κ3) is 11.5. The Hall–Kier alpha value is -4.70. The van der Waals surface area contributed by atoms with Gasteiger partial charge in [-0.25, -0.2) is 4.79 Å². The molecular weight excluding hydrogens is 560 g/mol. The smallest absolute Gasteiger partial charge is 0.408 e. The number of aliphatic hydroxyl groups is 1. The van der Waals surface area contributed by atoms with Crippen molar-refractivity contribution in [2.45, 2.75) is 71.0 Å². The van der Waals surface area contributed by atoms with Crippen molar-refractivity contribution in [1.29, 1.82) is 0 Å². The Morgan fingerprint density at radius 2 is 1.23 bits per heavy atom. The standard InChI is InChI=1S/C34H42N4O6/c1-23(2)19-29(38-31(40)24(3)36-34(43)44-22-27-17-11-6-12-18-27)32(41)37-28(20-25-13-7-4-8-14-25)30(39)33(42)35-21-26-15-9-5-10-16-26/h4-18,23-24,28-30,39H,19-22H2,1-3H3,(H,35,42)(H,36,43)(H,37,41)(H,38,40)/t24-,28?,29-,30?/m0/s1. The second-order valence-corrected chi connectivity index (χ2v) is 11.1. The second-order valence-electron chi connectivity index (χ2n) is 11.1. The van der Waals surface area contributed by atoms with E-state index in [9.17, 15) is 24.3 Å². The number of nitrogens with one attached hydrogen (secondary N) is 4. The van der Waals surface area contributed by atoms with Crippen molar-refractivity contribution in [3.63, 3.8) is 0 Å². The summed E-state index contributed by atoms with van der Waals surface area (Å²) in [6.45, 7) is 5.56. The van der Waals surface area contributed by atoms with E-state index in [1.54, 1.807) is 0 Å². The molecule has 0 radical (unpaired) electrons. The molecular formula is C34H42N4O6. The fourth-order valence-corrected chi connectivity index (χ4v) is 4.47. The lowest BCUT2D eigenvalue weighted by Crippen LogP contribution is -2.58. The summed E-state index contributed by atoms with van der Waals surface area (Å²) in [4.78, 5) is 51.8. The zero-order chi connectivity index (χ0) is 31.9. The van der Waals surface area contributed by atoms with Crippen LogP contribution in [-0.4, -0.2) is 53.2 Å². The molecule has 0 bridgehead atoms. The van der Waals surface area contributed by atoms with Crippen molar-refractivity contribution in [1.82, 2.24) is 21.3 Å². The summed E-state index contributed by atoms with van der Waals surface area (Å²) in [6.07, 6.45) is -1.86. The van der Waals surface area contributed by atoms with Gasteiger partial charge in [0.1, 0.15) is 18.7 Å². The summed E-state index contributed by atoms with van der Waals surface area (Å²) >= 11 is 0. The first-order valence-electron chi connectivity index (χ1n) is 14.7. The molecule has 44 heavy (non-hydrogen) atoms. The van der Waals surface area contributed by atoms with Crippen LogP contribution < -0.4 is 21.3 Å². The second kappa shape index (κ2) is 17.4. The van der Waals surface area contributed by atoms with Crippen LogP contribution in [0.15, 0.2) is 91.0 Å². The summed E-state index contributed by atoms with van der Waals surface area (Å²) in [5, 5.41) is 21.8. The van der Waals surface area contributed by atoms with E-state index in [-0.39, 0.29) is 31.9 Å². The largest absolute Gasteiger partial charge is 0.445 e. The highest BCUT2D eigenvalue weighted by molar-refractivity contribution is 5.91. The minimum atomic E-state index is -1.56. The van der Waals surface area contributed by atoms with E-state index in [4.69, 9.17) is 4.74 Å². The maximum absolute atomic E-state index is 13.5. The first-order chi connectivity index (χ1) is 21.1. The summed E-state index contributed by atoms with van der Waals surface area (Å²) in [7, 11) is 0. The van der Waals surface area contributed by atoms with Crippen LogP contribution in [0.25, 0.3) is 0 Å². The third-order valence-corrected chi connectivity index (χ3v) is 6.87. The molecule has 0 aromatic heterocycles. The molecule has 5 N–H and O–H groups in total. The molecule has 2 unspecified atom stereocenters. The molecule has 10 heteroatoms. The molecule has 0 fully saturated rings. The molecule has 3 aromatic carbocycles. The molecule has 0 saturated heterocycles. The van der Waals surface area contributed by atoms with Gasteiger partial charge in [-0.2, -0.15) is 0 Å². The summed E-state index contributed by atoms with van der Waals surface area (Å²) < 4.78 is 5.20. The van der Waals surface area contributed by atoms with Crippen LogP contribution >= 0.6 is 0 Å². The molecule has 0 spiro atoms. The van der Waals surface area contributed by atoms with Crippen LogP contribution in [0.1, 0.15) is 43.9 Å². The molecule has 10 nitrogen and oxygen atoms in total. The molecule has 0 saturated carbocycles. The quantitative estimate of drug-likeness (QED) is 0.181. The van der Waals surface area contributed by atoms with Crippen molar-refractivity contribution in [3.8, 4) is 0 Å². The van der Waals surface area contributed by atoms with Gasteiger partial charge in [0.25, 0.3) is 5.91 Å². The first-order valence-corrected chi connectivity index (χ1v) is 14.7. The third-order valence-electron chi connectivity index (χ3n) is 6.87. The zero-order valence-electron chi connectivity index (χ0n) is 25.4. The number of carbonyl (C=O) groups excluding carboxylic acids is 4. The Kier molecular flexibility index (Phi) is 13.4. The van der Waals surface area contributed by atoms with Gasteiger partial charge in [-0.1, -0.05) is 105 Å². The normalized spacial score (nSPS) is 13.6. The van der Waals surface area contributed by atoms with Crippen molar-refractivity contribution in [2.75, 3.05) is 0 Å². The number of hydrogen-bond donors (Lipinski definition) is 5. The molecule has 3 aromatic rings. The fourth-order valence-electron chi connectivity index (χ4n) is 4.47. The molecule has 3 rings (SSSR count). The van der Waals surface area contributed by atoms with Gasteiger partial charge < -0.3 is 31.1 Å². The van der Waals surface area contributed by atoms with E-state index in [0.29, 0.717) is 0 Å². The van der Waals surface area contributed by atoms with Crippen molar-refractivity contribution >= 4 is 23.8 Å². The summed E-state index contributed by atoms with van der Waals surface area (Å²) in [5.74, 6) is -1.74. The average Bonchev–Trinajstić information content (AvgIpc) is 3.02. The number of rotatable bonds is 15. The highest BCUT2D eigenvalue weighted by atomic mass is 16.5. The lowest BCUT2D eigenvalue weighted by Gasteiger charge is -2.28. The molecule has 234 valence electrons. The highest BCUT2D eigenvalue weighted by Gasteiger charge is 2.32. The molecule has 0 aliphatic rings. The van der Waals surface area contributed by atoms with Gasteiger partial charge in [0, 0.05) is 6.54 Å². The molecule has 4 amide bonds. The van der Waals surface area contributed by atoms with Gasteiger partial charge in [0.15, 0.2) is 6.10 Å². The maximum atomic E-state index is 13.5. The van der Waals surface area contributed by atoms with Crippen molar-refractivity contribution in [3.05, 3.63) is 108 Å². The predicted octanol–water partition coefficient (Wildman–Crippen LogP) is 3.24. The van der Waals surface area contributed by atoms with Gasteiger partial charge in [-0.05, 0) is 42.4 Å². The fraction of sp³-hybridized carbons (Fsp3) is 0.353. The molecule has 0 aliphatic heterocycles. The Labute approximate surface area is 258 Å². The number of benzene rings is 3. The Balaban J connectivity index is 1.65. The van der Waals surface area contributed by atoms with E-state index >= 15 is 0 Å². The number of amides is 4. The van der Waals surface area contributed by atoms with Crippen LogP contribution in [0.5, 0.6) is 0 Å². The van der Waals surface area contributed by atoms with E-state index in [0.717, 1.165) is 16.7 Å². The van der Waals surface area contributed by atoms with Crippen LogP contribution in [-0.2, 0) is 38.7 Å². The molecule has 0 heterocycles. The maximum Gasteiger partial charge on any atom is 0.408 e. The lowest BCUT2D eigenvalue weighted by atomic mass is 9.98. The summed E-state index contributed by atoms with van der Waals surface area (Å²) in [5.41, 5.74) is 2.47. The van der Waals surface area contributed by atoms with E-state index in [1.165, 1.54) is 6.92 Å². The lowest BCUT2D eigenvalue weighted by molar-refractivity contribution is -0.134. The summed E-state index contributed by atoms with van der Waals surface area (Å²) in [6, 6.07) is 24.6. The van der Waals surface area contributed by atoms with Crippen molar-refractivity contribution < 1.29 is 29.0 Å². The number of ether oxygens (including phenoxy) is 1. The topological polar surface area (TPSA) is 146 Å². The van der Waals surface area contributed by atoms with Crippen LogP contribution in [0.2, 0.25) is 0 Å². The van der Waals surface area contributed by atoms with E-state index in [2.05, 4.69) is 21.3 Å². The number of alkyl carbamates (subject to hydrolysis) is 1. The van der Waals surface area contributed by atoms with E-state index < -0.39 is 48.0 Å². The first kappa shape index (κ1) is 33.8. The predicted molar refractivity (Wildman–Crippen MR) is 167 cm³/mol. The van der Waals surface area contributed by atoms with Gasteiger partial charge in [-0.15, -0.1) is 0 Å². The molecule has 4 atom stereocenters. The van der Waals surface area contributed by atoms with Gasteiger partial charge >= 0.3 is 6.09 Å². The Morgan fingerprint density at radius 1 is 0.682 bits per heavy atom. The van der Waals surface area contributed by atoms with Crippen molar-refractivity contribution in [2.24, 2.45) is 5.92 Å². The number of carbonyl (C=O) groups is 4. The van der Waals surface area contributed by atoms with Gasteiger partial charge in [0.2, 0.25) is 11.8 Å². The number of hydrogen-bond acceptors (Lipinski definition) is 6. The average molecular weight is 603 g/mol. The SMILES string of the molecule is CC(C)C[C@H](NC(=O)[C@H](C)NC(=O)OCc1ccccc1)C(=O)NC(Cc1ccccc1)C(O)C(=O)NCc1ccccc1. The van der Waals surface area contributed by atoms with Crippen LogP contribution in [0.3, 0.4) is 0 Å². The number of aliphatic hydroxyl groups excluding tert-OH is 1. The Bertz CT molecular complexity index is 1340. The minimum absolute atomic E-state index is 0.0248.